The van der Waals surface area contributed by atoms with Crippen molar-refractivity contribution in [1.82, 2.24) is 25.1 Å². The van der Waals surface area contributed by atoms with Crippen molar-refractivity contribution in [3.63, 3.8) is 0 Å². The minimum Gasteiger partial charge on any atom is -0.355 e. The molecule has 124 valence electrons. The number of aromatic nitrogens is 4. The van der Waals surface area contributed by atoms with Gasteiger partial charge in [-0.05, 0) is 18.2 Å². The largest absolute Gasteiger partial charge is 0.355 e. The zero-order chi connectivity index (χ0) is 16.8. The minimum atomic E-state index is -0.118. The third-order valence-electron chi connectivity index (χ3n) is 3.63. The molecule has 6 nitrogen and oxygen atoms in total. The Morgan fingerprint density at radius 2 is 2.17 bits per heavy atom. The molecule has 0 aliphatic heterocycles. The molecule has 0 aliphatic carbocycles. The molecule has 3 heterocycles. The zero-order valence-electron chi connectivity index (χ0n) is 13.4. The van der Waals surface area contributed by atoms with Crippen LogP contribution in [0.3, 0.4) is 0 Å². The lowest BCUT2D eigenvalue weighted by molar-refractivity contribution is -0.124. The molecular weight excluding hydrogens is 322 g/mol. The first-order chi connectivity index (χ1) is 11.7. The molecule has 1 amide bonds. The molecule has 3 rings (SSSR count). The van der Waals surface area contributed by atoms with E-state index in [-0.39, 0.29) is 11.8 Å². The SMILES string of the molecule is C[C@@H](Cn1cccn1)C(=O)NCCc1csc(-c2ccncc2)n1. The van der Waals surface area contributed by atoms with Crippen LogP contribution in [0, 0.1) is 5.92 Å². The molecule has 3 aromatic heterocycles. The summed E-state index contributed by atoms with van der Waals surface area (Å²) in [6.45, 7) is 3.07. The van der Waals surface area contributed by atoms with Crippen LogP contribution in [0.5, 0.6) is 0 Å². The van der Waals surface area contributed by atoms with Gasteiger partial charge in [-0.3, -0.25) is 14.5 Å². The molecule has 0 unspecified atom stereocenters. The van der Waals surface area contributed by atoms with Crippen LogP contribution in [0.1, 0.15) is 12.6 Å². The van der Waals surface area contributed by atoms with Crippen molar-refractivity contribution < 1.29 is 4.79 Å². The maximum Gasteiger partial charge on any atom is 0.224 e. The monoisotopic (exact) mass is 341 g/mol. The highest BCUT2D eigenvalue weighted by Gasteiger charge is 2.13. The van der Waals surface area contributed by atoms with E-state index in [0.29, 0.717) is 13.1 Å². The maximum atomic E-state index is 12.1. The average molecular weight is 341 g/mol. The second-order valence-corrected chi connectivity index (χ2v) is 6.41. The van der Waals surface area contributed by atoms with E-state index in [1.807, 2.05) is 36.7 Å². The zero-order valence-corrected chi connectivity index (χ0v) is 14.2. The van der Waals surface area contributed by atoms with Gasteiger partial charge in [0.15, 0.2) is 0 Å². The van der Waals surface area contributed by atoms with Gasteiger partial charge in [-0.15, -0.1) is 11.3 Å². The van der Waals surface area contributed by atoms with Gasteiger partial charge in [0.1, 0.15) is 5.01 Å². The van der Waals surface area contributed by atoms with Crippen molar-refractivity contribution in [2.75, 3.05) is 6.54 Å². The van der Waals surface area contributed by atoms with Gasteiger partial charge in [-0.25, -0.2) is 4.98 Å². The van der Waals surface area contributed by atoms with Gasteiger partial charge in [0.2, 0.25) is 5.91 Å². The molecule has 0 fully saturated rings. The van der Waals surface area contributed by atoms with E-state index in [9.17, 15) is 4.79 Å². The summed E-state index contributed by atoms with van der Waals surface area (Å²) in [6.07, 6.45) is 7.82. The Hall–Kier alpha value is -2.54. The molecular formula is C17H19N5OS. The lowest BCUT2D eigenvalue weighted by Gasteiger charge is -2.11. The standard InChI is InChI=1S/C17H19N5OS/c1-13(11-22-10-2-6-20-22)16(23)19-9-5-15-12-24-17(21-15)14-3-7-18-8-4-14/h2-4,6-8,10,12-13H,5,9,11H2,1H3,(H,19,23)/t13-/m0/s1. The molecule has 3 aromatic rings. The number of nitrogens with one attached hydrogen (secondary N) is 1. The first-order valence-electron chi connectivity index (χ1n) is 7.82. The second kappa shape index (κ2) is 7.83. The quantitative estimate of drug-likeness (QED) is 0.716. The van der Waals surface area contributed by atoms with E-state index in [2.05, 4.69) is 20.4 Å². The third-order valence-corrected chi connectivity index (χ3v) is 4.57. The number of carbonyl (C=O) groups is 1. The van der Waals surface area contributed by atoms with Crippen molar-refractivity contribution in [3.05, 3.63) is 54.1 Å². The molecule has 0 saturated carbocycles. The number of hydrogen-bond donors (Lipinski definition) is 1. The number of rotatable bonds is 7. The van der Waals surface area contributed by atoms with Gasteiger partial charge in [0.05, 0.1) is 18.2 Å². The van der Waals surface area contributed by atoms with Gasteiger partial charge in [-0.2, -0.15) is 5.10 Å². The van der Waals surface area contributed by atoms with E-state index >= 15 is 0 Å². The third kappa shape index (κ3) is 4.26. The summed E-state index contributed by atoms with van der Waals surface area (Å²) in [5.74, 6) is -0.0807. The highest BCUT2D eigenvalue weighted by molar-refractivity contribution is 7.13. The van der Waals surface area contributed by atoms with Crippen LogP contribution in [0.4, 0.5) is 0 Å². The number of carbonyl (C=O) groups excluding carboxylic acids is 1. The molecule has 1 N–H and O–H groups in total. The van der Waals surface area contributed by atoms with E-state index in [4.69, 9.17) is 0 Å². The van der Waals surface area contributed by atoms with Crippen molar-refractivity contribution >= 4 is 17.2 Å². The summed E-state index contributed by atoms with van der Waals surface area (Å²) in [7, 11) is 0. The summed E-state index contributed by atoms with van der Waals surface area (Å²) in [4.78, 5) is 20.7. The van der Waals surface area contributed by atoms with Gasteiger partial charge >= 0.3 is 0 Å². The fourth-order valence-electron chi connectivity index (χ4n) is 2.31. The number of amides is 1. The lowest BCUT2D eigenvalue weighted by atomic mass is 10.1. The normalized spacial score (nSPS) is 12.0. The number of hydrogen-bond acceptors (Lipinski definition) is 5. The topological polar surface area (TPSA) is 72.7 Å². The number of nitrogens with zero attached hydrogens (tertiary/aromatic N) is 4. The van der Waals surface area contributed by atoms with Crippen LogP contribution >= 0.6 is 11.3 Å². The Kier molecular flexibility index (Phi) is 5.32. The Balaban J connectivity index is 1.46. The van der Waals surface area contributed by atoms with Gasteiger partial charge in [-0.1, -0.05) is 6.92 Å². The summed E-state index contributed by atoms with van der Waals surface area (Å²) < 4.78 is 1.77. The molecule has 24 heavy (non-hydrogen) atoms. The predicted octanol–water partition coefficient (Wildman–Crippen LogP) is 2.40. The van der Waals surface area contributed by atoms with Crippen LogP contribution in [-0.4, -0.2) is 32.2 Å². The summed E-state index contributed by atoms with van der Waals surface area (Å²) in [6, 6.07) is 5.75. The highest BCUT2D eigenvalue weighted by atomic mass is 32.1. The first kappa shape index (κ1) is 16.3. The average Bonchev–Trinajstić information content (AvgIpc) is 3.27. The van der Waals surface area contributed by atoms with Crippen LogP contribution in [-0.2, 0) is 17.8 Å². The first-order valence-corrected chi connectivity index (χ1v) is 8.70. The van der Waals surface area contributed by atoms with Crippen molar-refractivity contribution in [3.8, 4) is 10.6 Å². The molecule has 0 aromatic carbocycles. The Bertz CT molecular complexity index is 769. The molecule has 0 spiro atoms. The predicted molar refractivity (Wildman–Crippen MR) is 93.4 cm³/mol. The number of thiazole rings is 1. The van der Waals surface area contributed by atoms with Gasteiger partial charge < -0.3 is 5.32 Å². The van der Waals surface area contributed by atoms with Gasteiger partial charge in [0, 0.05) is 48.7 Å². The summed E-state index contributed by atoms with van der Waals surface area (Å²) >= 11 is 1.61. The summed E-state index contributed by atoms with van der Waals surface area (Å²) in [5.41, 5.74) is 2.06. The van der Waals surface area contributed by atoms with Crippen molar-refractivity contribution in [2.45, 2.75) is 19.9 Å². The Labute approximate surface area is 144 Å². The van der Waals surface area contributed by atoms with E-state index in [1.54, 1.807) is 34.6 Å². The van der Waals surface area contributed by atoms with Crippen LogP contribution in [0.25, 0.3) is 10.6 Å². The van der Waals surface area contributed by atoms with Crippen LogP contribution in [0.2, 0.25) is 0 Å². The fourth-order valence-corrected chi connectivity index (χ4v) is 3.17. The van der Waals surface area contributed by atoms with E-state index in [1.165, 1.54) is 0 Å². The second-order valence-electron chi connectivity index (χ2n) is 5.55. The van der Waals surface area contributed by atoms with E-state index in [0.717, 1.165) is 22.7 Å². The molecule has 0 radical (unpaired) electrons. The Morgan fingerprint density at radius 3 is 2.92 bits per heavy atom. The smallest absolute Gasteiger partial charge is 0.224 e. The minimum absolute atomic E-state index is 0.0371. The van der Waals surface area contributed by atoms with Crippen LogP contribution in [0.15, 0.2) is 48.4 Å². The molecule has 0 saturated heterocycles. The van der Waals surface area contributed by atoms with Crippen LogP contribution < -0.4 is 5.32 Å². The highest BCUT2D eigenvalue weighted by Crippen LogP contribution is 2.22. The fraction of sp³-hybridized carbons (Fsp3) is 0.294. The Morgan fingerprint density at radius 1 is 1.33 bits per heavy atom. The molecule has 0 bridgehead atoms. The summed E-state index contributed by atoms with van der Waals surface area (Å²) in [5, 5.41) is 10.1. The van der Waals surface area contributed by atoms with Gasteiger partial charge in [0.25, 0.3) is 0 Å². The van der Waals surface area contributed by atoms with Crippen molar-refractivity contribution in [2.24, 2.45) is 5.92 Å². The molecule has 1 atom stereocenters. The molecule has 7 heteroatoms. The lowest BCUT2D eigenvalue weighted by Crippen LogP contribution is -2.33. The van der Waals surface area contributed by atoms with E-state index < -0.39 is 0 Å². The maximum absolute atomic E-state index is 12.1. The molecule has 0 aliphatic rings. The number of pyridine rings is 1. The van der Waals surface area contributed by atoms with Crippen molar-refractivity contribution in [1.29, 1.82) is 0 Å².